The number of Topliss-reactive ketones (excluding diaryl/α,β-unsaturated/α-hetero) is 6. The van der Waals surface area contributed by atoms with Crippen molar-refractivity contribution in [2.24, 2.45) is 41.4 Å². The molecule has 0 spiro atoms. The van der Waals surface area contributed by atoms with E-state index in [0.29, 0.717) is 221 Å². The topological polar surface area (TPSA) is 465 Å². The summed E-state index contributed by atoms with van der Waals surface area (Å²) >= 11 is 0. The molecule has 2 rings (SSSR count). The zero-order valence-electron chi connectivity index (χ0n) is 82.5. The first-order valence-corrected chi connectivity index (χ1v) is 47.5. The Balaban J connectivity index is 0. The van der Waals surface area contributed by atoms with E-state index < -0.39 is 66.4 Å². The van der Waals surface area contributed by atoms with Crippen LogP contribution in [0.1, 0.15) is 276 Å². The quantitative estimate of drug-likeness (QED) is 0.0183. The average Bonchev–Trinajstić information content (AvgIpc) is 0.805. The fourth-order valence-electron chi connectivity index (χ4n) is 13.5. The van der Waals surface area contributed by atoms with Gasteiger partial charge in [0.05, 0.1) is 123 Å². The summed E-state index contributed by atoms with van der Waals surface area (Å²) in [6.45, 7) is 33.2. The van der Waals surface area contributed by atoms with Crippen LogP contribution in [0.2, 0.25) is 0 Å². The molecule has 1 saturated heterocycles. The number of ketones is 6. The van der Waals surface area contributed by atoms with Crippen molar-refractivity contribution in [2.45, 2.75) is 320 Å². The largest absolute Gasteiger partial charge is 1.00 e. The molecule has 11 atom stereocenters. The number of aliphatic hydroxyl groups excluding tert-OH is 2. The van der Waals surface area contributed by atoms with Crippen molar-refractivity contribution < 1.29 is 159 Å². The number of unbranched alkanes of at least 4 members (excludes halogenated alkanes) is 7. The van der Waals surface area contributed by atoms with E-state index in [1.807, 2.05) is 69.2 Å². The molecule has 7 amide bonds. The maximum absolute atomic E-state index is 13.5. The number of benzene rings is 1. The Morgan fingerprint density at radius 1 is 0.405 bits per heavy atom. The molecule has 9 N–H and O–H groups in total. The Hall–Kier alpha value is -6.48. The minimum atomic E-state index is -1.17. The monoisotopic (exact) mass is 1870 g/mol. The van der Waals surface area contributed by atoms with Crippen molar-refractivity contribution in [2.75, 3.05) is 138 Å². The van der Waals surface area contributed by atoms with Crippen molar-refractivity contribution in [1.29, 1.82) is 0 Å². The molecule has 0 aliphatic carbocycles. The molecule has 0 bridgehead atoms. The van der Waals surface area contributed by atoms with Crippen LogP contribution in [0.15, 0.2) is 24.3 Å². The number of esters is 1. The van der Waals surface area contributed by atoms with E-state index in [0.717, 1.165) is 56.9 Å². The van der Waals surface area contributed by atoms with Gasteiger partial charge in [0.1, 0.15) is 30.1 Å². The summed E-state index contributed by atoms with van der Waals surface area (Å²) in [5.74, 6) is -4.42. The van der Waals surface area contributed by atoms with Gasteiger partial charge in [-0.15, -0.1) is 0 Å². The van der Waals surface area contributed by atoms with Gasteiger partial charge in [-0.3, -0.25) is 67.1 Å². The third-order valence-electron chi connectivity index (χ3n) is 21.7. The smallest absolute Gasteiger partial charge is 0.461 e. The van der Waals surface area contributed by atoms with E-state index in [-0.39, 0.29) is 162 Å². The van der Waals surface area contributed by atoms with Crippen LogP contribution in [0, 0.1) is 41.4 Å². The molecule has 35 heteroatoms. The first-order chi connectivity index (χ1) is 62.1. The van der Waals surface area contributed by atoms with E-state index in [4.69, 9.17) is 52.1 Å². The molecule has 0 saturated carbocycles. The van der Waals surface area contributed by atoms with E-state index in [1.165, 1.54) is 27.9 Å². The van der Waals surface area contributed by atoms with Gasteiger partial charge in [-0.2, -0.15) is 0 Å². The molecule has 0 aromatic heterocycles. The van der Waals surface area contributed by atoms with Crippen LogP contribution in [-0.2, 0) is 126 Å². The Morgan fingerprint density at radius 2 is 0.779 bits per heavy atom. The molecule has 748 valence electrons. The van der Waals surface area contributed by atoms with Crippen molar-refractivity contribution in [1.82, 2.24) is 31.9 Å². The summed E-state index contributed by atoms with van der Waals surface area (Å²) in [5, 5.41) is 40.2. The number of aliphatic hydroxyl groups is 2. The first kappa shape index (κ1) is 127. The summed E-state index contributed by atoms with van der Waals surface area (Å²) in [5.41, 5.74) is 1.35. The molecule has 1 heterocycles. The summed E-state index contributed by atoms with van der Waals surface area (Å²) in [4.78, 5) is 173. The number of carbonyl (C=O) groups is 14. The molecule has 34 nitrogen and oxygen atoms in total. The molecule has 1 aliphatic heterocycles. The molecule has 1 fully saturated rings. The number of hydrogen-bond acceptors (Lipinski definition) is 27. The van der Waals surface area contributed by atoms with Gasteiger partial charge in [0, 0.05) is 134 Å². The Morgan fingerprint density at radius 3 is 1.16 bits per heavy atom. The number of hydrogen-bond donors (Lipinski definition) is 9. The van der Waals surface area contributed by atoms with Gasteiger partial charge >= 0.3 is 35.5 Å². The van der Waals surface area contributed by atoms with Gasteiger partial charge in [0.15, 0.2) is 29.7 Å². The molecule has 0 radical (unpaired) electrons. The maximum atomic E-state index is 13.5. The van der Waals surface area contributed by atoms with Gasteiger partial charge < -0.3 is 99.5 Å². The van der Waals surface area contributed by atoms with Gasteiger partial charge in [-0.05, 0) is 114 Å². The second-order valence-electron chi connectivity index (χ2n) is 34.1. The maximum Gasteiger partial charge on any atom is 1.00 e. The summed E-state index contributed by atoms with van der Waals surface area (Å²) in [6, 6.07) is 5.10. The van der Waals surface area contributed by atoms with Crippen LogP contribution in [-0.4, -0.2) is 268 Å². The van der Waals surface area contributed by atoms with Gasteiger partial charge in [-0.25, -0.2) is 0 Å². The second-order valence-corrected chi connectivity index (χ2v) is 34.1. The second kappa shape index (κ2) is 80.8. The van der Waals surface area contributed by atoms with E-state index in [9.17, 15) is 77.3 Å². The standard InChI is InChI=1S/C37H60N2O10.C33H61N3O9.C26H46N2O8.Na/c1-6-7-13-35(43)39-36(28(2)3)34(42)26-31(37(44)38-32-16-14-30(15-17-32)27-49-29(4)40)11-9-8-10-12-33(41)18-19-46-22-23-48-25-24-47-21-20-45-5;1-6-8-12-32(41)36-33(26(3)4)29(38)25-28(27(5)37)11-9-10-16-35-31(40)14-18-43-20-22-45-24-23-44-21-19-42-17-13-30(39)34-15-7-2;1-7-8-12-20(31)28-21(15(2)3)19(30)14-18(17(5)29)11-9-10-13-27-25(34)24-22(32)16(4)23(33)26(35-6)36-24;/h14-17,28,31,36H,6-13,18-27H2,1-5H3,(H,38,44)(H,39,43);26,28,33H,6-25H2,1-5H3,(H,34,39)(H,35,40)(H,36,41);15-16,18,21-24,26,32-33H,7-14H2,1-6H3,(H,27,34)(H,28,31);/q;;;+1/t31-,36+;28-,33+;16-,18+,21-,22-,23+,24-,26+;/m110./s1. The molecule has 1 aromatic rings. The number of amides is 7. The summed E-state index contributed by atoms with van der Waals surface area (Å²) < 4.78 is 58.3. The third-order valence-corrected chi connectivity index (χ3v) is 21.7. The number of carbonyl (C=O) groups excluding carboxylic acids is 14. The van der Waals surface area contributed by atoms with Crippen LogP contribution in [0.25, 0.3) is 0 Å². The van der Waals surface area contributed by atoms with Crippen LogP contribution in [0.5, 0.6) is 0 Å². The zero-order chi connectivity index (χ0) is 97.4. The third kappa shape index (κ3) is 64.2. The van der Waals surface area contributed by atoms with Crippen LogP contribution >= 0.6 is 0 Å². The summed E-state index contributed by atoms with van der Waals surface area (Å²) in [6.07, 6.45) is 10.3. The Kier molecular flexibility index (Phi) is 78.0. The molecule has 1 aromatic carbocycles. The molecule has 0 unspecified atom stereocenters. The number of anilines is 1. The molecular weight excluding hydrogens is 1710 g/mol. The van der Waals surface area contributed by atoms with Crippen molar-refractivity contribution >= 4 is 87.7 Å². The minimum absolute atomic E-state index is 0. The number of methoxy groups -OCH3 is 2. The zero-order valence-corrected chi connectivity index (χ0v) is 84.5. The number of rotatable bonds is 77. The minimum Gasteiger partial charge on any atom is -0.461 e. The predicted molar refractivity (Wildman–Crippen MR) is 494 cm³/mol. The fraction of sp³-hybridized carbons (Fsp3) is 0.792. The normalized spacial score (nSPS) is 16.0. The van der Waals surface area contributed by atoms with Crippen LogP contribution in [0.4, 0.5) is 5.69 Å². The van der Waals surface area contributed by atoms with E-state index >= 15 is 0 Å². The molecule has 1 aliphatic rings. The Labute approximate surface area is 803 Å². The first-order valence-electron chi connectivity index (χ1n) is 47.5. The van der Waals surface area contributed by atoms with Gasteiger partial charge in [0.25, 0.3) is 5.91 Å². The number of nitrogens with one attached hydrogen (secondary N) is 7. The van der Waals surface area contributed by atoms with Gasteiger partial charge in [-0.1, -0.05) is 133 Å². The molecular formula is C96H167N7NaO27+. The Bertz CT molecular complexity index is 3320. The van der Waals surface area contributed by atoms with E-state index in [2.05, 4.69) is 37.2 Å². The van der Waals surface area contributed by atoms with Crippen molar-refractivity contribution in [3.63, 3.8) is 0 Å². The van der Waals surface area contributed by atoms with Crippen molar-refractivity contribution in [3.8, 4) is 0 Å². The fourth-order valence-corrected chi connectivity index (χ4v) is 13.5. The van der Waals surface area contributed by atoms with E-state index in [1.54, 1.807) is 38.3 Å². The molecule has 131 heavy (non-hydrogen) atoms. The van der Waals surface area contributed by atoms with Crippen LogP contribution < -0.4 is 66.8 Å². The predicted octanol–water partition coefficient (Wildman–Crippen LogP) is 6.84. The summed E-state index contributed by atoms with van der Waals surface area (Å²) in [7, 11) is 2.98. The van der Waals surface area contributed by atoms with Crippen LogP contribution in [0.3, 0.4) is 0 Å². The van der Waals surface area contributed by atoms with Crippen molar-refractivity contribution in [3.05, 3.63) is 29.8 Å². The SMILES string of the molecule is CCCCC(=O)N[C@H](C(=O)C[C@@H](CCCCCC(=O)CCOCCOCCOCCOC)C(=O)Nc1ccc(COC(C)=O)cc1)C(C)C.CCCCC(=O)N[C@H](C(=O)C[C@@H](CCCCNC(=O)CCOCCOCCOCCOCCC(=O)NCCC)C(C)=O)C(C)C.CCCCC(=O)N[C@H](C(=O)C[C@@H](CCCCNC(=O)[C@H]1O[C@@H](OC)[C@H](O)[C@@H](C)[C@@H]1O)C(C)=O)C(C)C.[Na+]. The number of ether oxygens (including phenoxy) is 11. The van der Waals surface area contributed by atoms with Gasteiger partial charge in [0.2, 0.25) is 35.4 Å². The average molecular weight is 1870 g/mol.